The first-order valence-electron chi connectivity index (χ1n) is 10.1. The molecule has 0 radical (unpaired) electrons. The van der Waals surface area contributed by atoms with Crippen molar-refractivity contribution in [2.45, 2.75) is 32.7 Å². The Balaban J connectivity index is 1.46. The summed E-state index contributed by atoms with van der Waals surface area (Å²) in [5.74, 6) is 0.211. The quantitative estimate of drug-likeness (QED) is 0.727. The Kier molecular flexibility index (Phi) is 7.11. The molecule has 1 aliphatic heterocycles. The number of likely N-dealkylation sites (tertiary alicyclic amines) is 1. The molecule has 0 saturated carbocycles. The normalized spacial score (nSPS) is 14.4. The molecule has 2 aromatic rings. The van der Waals surface area contributed by atoms with Crippen LogP contribution in [0, 0.1) is 5.92 Å². The van der Waals surface area contributed by atoms with Gasteiger partial charge in [-0.2, -0.15) is 0 Å². The van der Waals surface area contributed by atoms with E-state index in [1.807, 2.05) is 13.8 Å². The third kappa shape index (κ3) is 5.85. The molecule has 1 aromatic heterocycles. The van der Waals surface area contributed by atoms with Crippen LogP contribution in [0.2, 0.25) is 0 Å². The summed E-state index contributed by atoms with van der Waals surface area (Å²) in [7, 11) is 0. The Labute approximate surface area is 175 Å². The number of nitrogens with one attached hydrogen (secondary N) is 2. The van der Waals surface area contributed by atoms with Crippen molar-refractivity contribution < 1.29 is 23.5 Å². The fraction of sp³-hybridized carbons (Fsp3) is 0.409. The number of nitrogens with zero attached hydrogens (tertiary/aromatic N) is 1. The van der Waals surface area contributed by atoms with Gasteiger partial charge in [-0.1, -0.05) is 6.07 Å². The number of carbonyl (C=O) groups excluding carboxylic acids is 3. The molecule has 1 aliphatic rings. The molecule has 2 N–H and O–H groups in total. The molecule has 8 nitrogen and oxygen atoms in total. The first-order chi connectivity index (χ1) is 14.4. The molecule has 2 heterocycles. The Hall–Kier alpha value is -3.29. The SMILES string of the molecule is CC(C)NC(=O)C1CCN(C(=O)COc2cccc(NC(=O)c3ccco3)c2)CC1. The van der Waals surface area contributed by atoms with Crippen molar-refractivity contribution in [2.75, 3.05) is 25.0 Å². The number of benzene rings is 1. The molecule has 1 fully saturated rings. The molecule has 3 amide bonds. The van der Waals surface area contributed by atoms with Gasteiger partial charge < -0.3 is 24.7 Å². The lowest BCUT2D eigenvalue weighted by atomic mass is 9.95. The third-order valence-electron chi connectivity index (χ3n) is 4.85. The van der Waals surface area contributed by atoms with Gasteiger partial charge >= 0.3 is 0 Å². The highest BCUT2D eigenvalue weighted by Crippen LogP contribution is 2.20. The van der Waals surface area contributed by atoms with Crippen LogP contribution in [-0.4, -0.2) is 48.4 Å². The monoisotopic (exact) mass is 413 g/mol. The third-order valence-corrected chi connectivity index (χ3v) is 4.85. The zero-order chi connectivity index (χ0) is 21.5. The molecule has 0 spiro atoms. The predicted molar refractivity (Wildman–Crippen MR) is 111 cm³/mol. The second-order valence-electron chi connectivity index (χ2n) is 7.57. The van der Waals surface area contributed by atoms with Crippen molar-refractivity contribution >= 4 is 23.4 Å². The van der Waals surface area contributed by atoms with E-state index in [0.717, 1.165) is 0 Å². The maximum atomic E-state index is 12.5. The Bertz CT molecular complexity index is 871. The summed E-state index contributed by atoms with van der Waals surface area (Å²) in [6.07, 6.45) is 2.73. The van der Waals surface area contributed by atoms with Crippen molar-refractivity contribution in [2.24, 2.45) is 5.92 Å². The summed E-state index contributed by atoms with van der Waals surface area (Å²) in [5, 5.41) is 5.65. The van der Waals surface area contributed by atoms with Crippen LogP contribution >= 0.6 is 0 Å². The lowest BCUT2D eigenvalue weighted by Gasteiger charge is -2.31. The minimum Gasteiger partial charge on any atom is -0.484 e. The van der Waals surface area contributed by atoms with Gasteiger partial charge in [0.2, 0.25) is 5.91 Å². The van der Waals surface area contributed by atoms with Gasteiger partial charge in [0.15, 0.2) is 12.4 Å². The summed E-state index contributed by atoms with van der Waals surface area (Å²) in [6, 6.07) is 10.2. The average molecular weight is 413 g/mol. The van der Waals surface area contributed by atoms with Gasteiger partial charge in [-0.05, 0) is 51.0 Å². The number of rotatable bonds is 7. The number of furan rings is 1. The molecule has 0 aliphatic carbocycles. The van der Waals surface area contributed by atoms with E-state index < -0.39 is 0 Å². The highest BCUT2D eigenvalue weighted by Gasteiger charge is 2.27. The van der Waals surface area contributed by atoms with E-state index in [1.165, 1.54) is 6.26 Å². The summed E-state index contributed by atoms with van der Waals surface area (Å²) in [5.41, 5.74) is 0.540. The molecule has 0 unspecified atom stereocenters. The van der Waals surface area contributed by atoms with Crippen LogP contribution in [0.5, 0.6) is 5.75 Å². The number of amides is 3. The first kappa shape index (κ1) is 21.4. The van der Waals surface area contributed by atoms with E-state index in [9.17, 15) is 14.4 Å². The number of piperidine rings is 1. The number of anilines is 1. The number of hydrogen-bond acceptors (Lipinski definition) is 5. The van der Waals surface area contributed by atoms with Crippen molar-refractivity contribution in [3.05, 3.63) is 48.4 Å². The zero-order valence-electron chi connectivity index (χ0n) is 17.2. The van der Waals surface area contributed by atoms with Crippen LogP contribution < -0.4 is 15.4 Å². The van der Waals surface area contributed by atoms with E-state index in [4.69, 9.17) is 9.15 Å². The minimum atomic E-state index is -0.363. The minimum absolute atomic E-state index is 0.0492. The van der Waals surface area contributed by atoms with Gasteiger partial charge in [0, 0.05) is 36.8 Å². The van der Waals surface area contributed by atoms with Gasteiger partial charge in [-0.25, -0.2) is 0 Å². The van der Waals surface area contributed by atoms with Crippen molar-refractivity contribution in [1.29, 1.82) is 0 Å². The van der Waals surface area contributed by atoms with Crippen molar-refractivity contribution in [1.82, 2.24) is 10.2 Å². The van der Waals surface area contributed by atoms with E-state index in [2.05, 4.69) is 10.6 Å². The largest absolute Gasteiger partial charge is 0.484 e. The molecule has 3 rings (SSSR count). The standard InChI is InChI=1S/C22H27N3O5/c1-15(2)23-21(27)16-8-10-25(11-9-16)20(26)14-30-18-6-3-5-17(13-18)24-22(28)19-7-4-12-29-19/h3-7,12-13,15-16H,8-11,14H2,1-2H3,(H,23,27)(H,24,28). The molecular formula is C22H27N3O5. The second-order valence-corrected chi connectivity index (χ2v) is 7.57. The summed E-state index contributed by atoms with van der Waals surface area (Å²) >= 11 is 0. The highest BCUT2D eigenvalue weighted by molar-refractivity contribution is 6.02. The van der Waals surface area contributed by atoms with E-state index in [1.54, 1.807) is 41.3 Å². The highest BCUT2D eigenvalue weighted by atomic mass is 16.5. The fourth-order valence-corrected chi connectivity index (χ4v) is 3.29. The topological polar surface area (TPSA) is 101 Å². The van der Waals surface area contributed by atoms with Crippen LogP contribution in [0.15, 0.2) is 47.1 Å². The molecule has 1 aromatic carbocycles. The van der Waals surface area contributed by atoms with Gasteiger partial charge in [-0.3, -0.25) is 14.4 Å². The van der Waals surface area contributed by atoms with Crippen LogP contribution in [0.3, 0.4) is 0 Å². The van der Waals surface area contributed by atoms with Crippen LogP contribution in [0.4, 0.5) is 5.69 Å². The first-order valence-corrected chi connectivity index (χ1v) is 10.1. The number of hydrogen-bond donors (Lipinski definition) is 2. The number of carbonyl (C=O) groups is 3. The maximum absolute atomic E-state index is 12.5. The molecule has 160 valence electrons. The smallest absolute Gasteiger partial charge is 0.291 e. The van der Waals surface area contributed by atoms with Crippen LogP contribution in [0.25, 0.3) is 0 Å². The molecule has 0 bridgehead atoms. The zero-order valence-corrected chi connectivity index (χ0v) is 17.2. The predicted octanol–water partition coefficient (Wildman–Crippen LogP) is 2.67. The second kappa shape index (κ2) is 9.96. The Morgan fingerprint density at radius 1 is 1.17 bits per heavy atom. The molecule has 8 heteroatoms. The van der Waals surface area contributed by atoms with Crippen LogP contribution in [-0.2, 0) is 9.59 Å². The molecule has 1 saturated heterocycles. The van der Waals surface area contributed by atoms with Crippen molar-refractivity contribution in [3.63, 3.8) is 0 Å². The molecule has 30 heavy (non-hydrogen) atoms. The summed E-state index contributed by atoms with van der Waals surface area (Å²) in [6.45, 7) is 4.85. The lowest BCUT2D eigenvalue weighted by Crippen LogP contribution is -2.45. The number of ether oxygens (including phenoxy) is 1. The average Bonchev–Trinajstić information content (AvgIpc) is 3.27. The molecular weight excluding hydrogens is 386 g/mol. The Morgan fingerprint density at radius 3 is 2.60 bits per heavy atom. The Morgan fingerprint density at radius 2 is 1.93 bits per heavy atom. The van der Waals surface area contributed by atoms with Crippen LogP contribution in [0.1, 0.15) is 37.2 Å². The fourth-order valence-electron chi connectivity index (χ4n) is 3.29. The van der Waals surface area contributed by atoms with E-state index in [0.29, 0.717) is 37.4 Å². The molecule has 0 atom stereocenters. The van der Waals surface area contributed by atoms with Crippen molar-refractivity contribution in [3.8, 4) is 5.75 Å². The lowest BCUT2D eigenvalue weighted by molar-refractivity contribution is -0.137. The van der Waals surface area contributed by atoms with Gasteiger partial charge in [0.25, 0.3) is 11.8 Å². The summed E-state index contributed by atoms with van der Waals surface area (Å²) in [4.78, 5) is 38.3. The van der Waals surface area contributed by atoms with Gasteiger partial charge in [0.1, 0.15) is 5.75 Å². The van der Waals surface area contributed by atoms with Gasteiger partial charge in [-0.15, -0.1) is 0 Å². The van der Waals surface area contributed by atoms with E-state index >= 15 is 0 Å². The summed E-state index contributed by atoms with van der Waals surface area (Å²) < 4.78 is 10.7. The van der Waals surface area contributed by atoms with Gasteiger partial charge in [0.05, 0.1) is 6.26 Å². The van der Waals surface area contributed by atoms with E-state index in [-0.39, 0.29) is 42.0 Å². The maximum Gasteiger partial charge on any atom is 0.291 e.